The van der Waals surface area contributed by atoms with E-state index in [1.54, 1.807) is 0 Å². The van der Waals surface area contributed by atoms with E-state index in [2.05, 4.69) is 0 Å². The van der Waals surface area contributed by atoms with Crippen LogP contribution in [0.15, 0.2) is 0 Å². The topological polar surface area (TPSA) is 190 Å². The molecule has 0 heterocycles. The predicted octanol–water partition coefficient (Wildman–Crippen LogP) is -7.50. The van der Waals surface area contributed by atoms with Crippen molar-refractivity contribution in [2.75, 3.05) is 0 Å². The Morgan fingerprint density at radius 2 is 0.500 bits per heavy atom. The normalized spacial score (nSPS) is 5.57. The summed E-state index contributed by atoms with van der Waals surface area (Å²) in [5, 5.41) is 0. The fraction of sp³-hybridized carbons (Fsp3) is 0. The molecule has 0 saturated carbocycles. The summed E-state index contributed by atoms with van der Waals surface area (Å²) in [5.41, 5.74) is 0. The van der Waals surface area contributed by atoms with E-state index in [0.717, 1.165) is 0 Å². The fourth-order valence-electron chi connectivity index (χ4n) is 0. The number of hydrogen-bond donors (Lipinski definition) is 0. The van der Waals surface area contributed by atoms with Gasteiger partial charge in [-0.1, -0.05) is 0 Å². The van der Waals surface area contributed by atoms with E-state index in [1.165, 1.54) is 0 Å². The van der Waals surface area contributed by atoms with Crippen molar-refractivity contribution in [1.29, 1.82) is 0 Å². The van der Waals surface area contributed by atoms with Crippen molar-refractivity contribution in [3.8, 4) is 0 Å². The van der Waals surface area contributed by atoms with Crippen LogP contribution < -0.4 is 22.1 Å². The van der Waals surface area contributed by atoms with Crippen LogP contribution in [0.5, 0.6) is 0 Å². The third-order valence-electron chi connectivity index (χ3n) is 0. The first-order chi connectivity index (χ1) is 5.20. The summed E-state index contributed by atoms with van der Waals surface area (Å²) in [5.74, 6) is 0. The van der Waals surface area contributed by atoms with Crippen molar-refractivity contribution < 1.29 is 159 Å². The van der Waals surface area contributed by atoms with Crippen molar-refractivity contribution in [3.05, 3.63) is 0 Å². The second kappa shape index (κ2) is 25.5. The summed E-state index contributed by atoms with van der Waals surface area (Å²) in [6.07, 6.45) is 0. The molecule has 0 N–H and O–H groups in total. The van der Waals surface area contributed by atoms with Crippen molar-refractivity contribution in [2.45, 2.75) is 0 Å². The molecule has 0 rings (SSSR count). The van der Waals surface area contributed by atoms with Crippen LogP contribution in [0.4, 0.5) is 0 Å². The molecule has 14 heteroatoms. The van der Waals surface area contributed by atoms with Gasteiger partial charge in [0.1, 0.15) is 0 Å². The molecule has 0 aromatic carbocycles. The Balaban J connectivity index is -0.0000000270. The Bertz CT molecular complexity index is 116. The molecule has 0 aliphatic heterocycles. The summed E-state index contributed by atoms with van der Waals surface area (Å²) in [6.45, 7) is 0. The third kappa shape index (κ3) is 248. The van der Waals surface area contributed by atoms with Gasteiger partial charge in [0.15, 0.2) is 0 Å². The Labute approximate surface area is 155 Å². The van der Waals surface area contributed by atoms with Crippen molar-refractivity contribution in [3.63, 3.8) is 0 Å². The van der Waals surface area contributed by atoms with Gasteiger partial charge in [0.25, 0.3) is 0 Å². The Morgan fingerprint density at radius 3 is 0.500 bits per heavy atom. The molecule has 72 valence electrons. The summed E-state index contributed by atoms with van der Waals surface area (Å²) in [7, 11) is 0. The van der Waals surface area contributed by atoms with E-state index in [0.29, 0.717) is 0 Å². The Morgan fingerprint density at radius 1 is 0.500 bits per heavy atom. The molecule has 0 aromatic rings. The molecule has 9 nitrogen and oxygen atoms in total. The summed E-state index contributed by atoms with van der Waals surface area (Å²) < 4.78 is 77.2. The van der Waals surface area contributed by atoms with Crippen LogP contribution in [0, 0.1) is 71.2 Å². The predicted molar refractivity (Wildman–Crippen MR) is 2.06 cm³/mol. The first-order valence-electron chi connectivity index (χ1n) is 1.84. The standard InChI is InChI=1S/2La.9O.3Ti/q2*+3;;;;6*-1;;;. The minimum absolute atomic E-state index is 0. The van der Waals surface area contributed by atoms with Gasteiger partial charge in [0.2, 0.25) is 0 Å². The van der Waals surface area contributed by atoms with Gasteiger partial charge in [-0.05, 0) is 0 Å². The van der Waals surface area contributed by atoms with Gasteiger partial charge in [0, 0.05) is 0 Å². The molecule has 0 aromatic heterocycles. The molecule has 0 saturated heterocycles. The van der Waals surface area contributed by atoms with Crippen LogP contribution in [-0.4, -0.2) is 0 Å². The maximum absolute atomic E-state index is 8.58. The molecular weight excluding hydrogens is 565 g/mol. The first kappa shape index (κ1) is 30.6. The first-order valence-corrected chi connectivity index (χ1v) is 7.57. The van der Waals surface area contributed by atoms with E-state index in [-0.39, 0.29) is 71.2 Å². The van der Waals surface area contributed by atoms with Gasteiger partial charge < -0.3 is 0 Å². The molecule has 0 atom stereocenters. The monoisotopic (exact) mass is 566 g/mol. The molecule has 0 spiro atoms. The quantitative estimate of drug-likeness (QED) is 0.257. The van der Waals surface area contributed by atoms with Crippen molar-refractivity contribution >= 4 is 0 Å². The fourth-order valence-corrected chi connectivity index (χ4v) is 0. The zero-order valence-electron chi connectivity index (χ0n) is 6.33. The number of rotatable bonds is 0. The molecule has 0 aliphatic carbocycles. The zero-order chi connectivity index (χ0) is 10.7. The molecule has 0 fully saturated rings. The third-order valence-corrected chi connectivity index (χ3v) is 0. The maximum atomic E-state index is 8.58. The molecule has 0 amide bonds. The van der Waals surface area contributed by atoms with Gasteiger partial charge in [-0.15, -0.1) is 0 Å². The van der Waals surface area contributed by atoms with Crippen LogP contribution in [0.25, 0.3) is 0 Å². The molecule has 14 heavy (non-hydrogen) atoms. The van der Waals surface area contributed by atoms with Crippen LogP contribution in [0.3, 0.4) is 0 Å². The van der Waals surface area contributed by atoms with E-state index in [9.17, 15) is 0 Å². The van der Waals surface area contributed by atoms with Gasteiger partial charge in [-0.25, -0.2) is 0 Å². The second-order valence-electron chi connectivity index (χ2n) is 0.750. The van der Waals surface area contributed by atoms with Gasteiger partial charge >= 0.3 is 159 Å². The van der Waals surface area contributed by atoms with Crippen LogP contribution in [0.2, 0.25) is 0 Å². The van der Waals surface area contributed by atoms with E-state index in [4.69, 9.17) is 32.1 Å². The molecule has 0 radical (unpaired) electrons. The number of hydrogen-bond acceptors (Lipinski definition) is 9. The van der Waals surface area contributed by atoms with Crippen LogP contribution >= 0.6 is 0 Å². The van der Waals surface area contributed by atoms with Crippen molar-refractivity contribution in [1.82, 2.24) is 0 Å². The summed E-state index contributed by atoms with van der Waals surface area (Å²) in [4.78, 5) is 0. The Kier molecular flexibility index (Phi) is 55.8. The SMILES string of the molecule is [La+3].[La+3].[O]=[Ti]([O-])[O-].[O]=[Ti]([O-])[O-].[O]=[Ti]([O-])[O-]. The average Bonchev–Trinajstić information content (AvgIpc) is 1.54. The van der Waals surface area contributed by atoms with Gasteiger partial charge in [0.05, 0.1) is 0 Å². The summed E-state index contributed by atoms with van der Waals surface area (Å²) in [6, 6.07) is 0. The van der Waals surface area contributed by atoms with E-state index < -0.39 is 55.8 Å². The van der Waals surface area contributed by atoms with Crippen LogP contribution in [0.1, 0.15) is 0 Å². The van der Waals surface area contributed by atoms with Gasteiger partial charge in [-0.3, -0.25) is 0 Å². The average molecular weight is 565 g/mol. The summed E-state index contributed by atoms with van der Waals surface area (Å²) >= 11 is -12.2. The molecule has 0 aliphatic rings. The van der Waals surface area contributed by atoms with Crippen LogP contribution in [-0.2, 0) is 65.8 Å². The zero-order valence-corrected chi connectivity index (χ0v) is 18.3. The van der Waals surface area contributed by atoms with Gasteiger partial charge in [-0.2, -0.15) is 0 Å². The molecule has 0 bridgehead atoms. The van der Waals surface area contributed by atoms with Crippen molar-refractivity contribution in [2.24, 2.45) is 0 Å². The molecular formula is La2O9Ti3. The van der Waals surface area contributed by atoms with E-state index in [1.807, 2.05) is 0 Å². The second-order valence-corrected chi connectivity index (χ2v) is 3.09. The van der Waals surface area contributed by atoms with E-state index >= 15 is 0 Å². The molecule has 0 unspecified atom stereocenters. The Hall–Kier alpha value is 3.69. The minimum atomic E-state index is -4.08.